The number of aryl methyl sites for hydroxylation is 2. The van der Waals surface area contributed by atoms with Gasteiger partial charge in [0.1, 0.15) is 11.9 Å². The topological polar surface area (TPSA) is 59.4 Å². The van der Waals surface area contributed by atoms with Crippen molar-refractivity contribution in [3.63, 3.8) is 0 Å². The lowest BCUT2D eigenvalue weighted by Gasteiger charge is -2.23. The zero-order valence-corrected chi connectivity index (χ0v) is 18.5. The third-order valence-electron chi connectivity index (χ3n) is 5.64. The molecule has 4 rings (SSSR count). The summed E-state index contributed by atoms with van der Waals surface area (Å²) in [6, 6.07) is 10.2. The second-order valence-electron chi connectivity index (χ2n) is 7.68. The SMILES string of the molecule is CCn1nc(C)c(CNC(=O)CN2Cc3ccccc3O[C@H](c3ccsc3)C2)c1C. The quantitative estimate of drug-likeness (QED) is 0.653. The second-order valence-corrected chi connectivity index (χ2v) is 8.46. The molecule has 0 bridgehead atoms. The van der Waals surface area contributed by atoms with Gasteiger partial charge in [0.15, 0.2) is 0 Å². The largest absolute Gasteiger partial charge is 0.484 e. The van der Waals surface area contributed by atoms with Crippen molar-refractivity contribution in [2.45, 2.75) is 46.5 Å². The lowest BCUT2D eigenvalue weighted by Crippen LogP contribution is -2.38. The van der Waals surface area contributed by atoms with E-state index >= 15 is 0 Å². The zero-order chi connectivity index (χ0) is 21.1. The zero-order valence-electron chi connectivity index (χ0n) is 17.7. The Morgan fingerprint density at radius 1 is 1.30 bits per heavy atom. The van der Waals surface area contributed by atoms with Crippen LogP contribution in [0.1, 0.15) is 41.1 Å². The molecule has 0 spiro atoms. The highest BCUT2D eigenvalue weighted by Gasteiger charge is 2.25. The number of nitrogens with zero attached hydrogens (tertiary/aromatic N) is 3. The van der Waals surface area contributed by atoms with E-state index in [9.17, 15) is 4.79 Å². The average molecular weight is 425 g/mol. The van der Waals surface area contributed by atoms with E-state index in [1.165, 1.54) is 0 Å². The van der Waals surface area contributed by atoms with Gasteiger partial charge in [-0.2, -0.15) is 16.4 Å². The molecule has 1 aliphatic heterocycles. The lowest BCUT2D eigenvalue weighted by molar-refractivity contribution is -0.122. The first-order chi connectivity index (χ1) is 14.5. The van der Waals surface area contributed by atoms with Crippen molar-refractivity contribution in [2.24, 2.45) is 0 Å². The molecular formula is C23H28N4O2S. The van der Waals surface area contributed by atoms with Crippen molar-refractivity contribution in [1.29, 1.82) is 0 Å². The maximum Gasteiger partial charge on any atom is 0.234 e. The molecule has 6 nitrogen and oxygen atoms in total. The Balaban J connectivity index is 1.45. The van der Waals surface area contributed by atoms with Crippen molar-refractivity contribution in [1.82, 2.24) is 20.0 Å². The Kier molecular flexibility index (Phi) is 6.20. The molecule has 158 valence electrons. The maximum atomic E-state index is 12.8. The number of hydrogen-bond acceptors (Lipinski definition) is 5. The van der Waals surface area contributed by atoms with Crippen molar-refractivity contribution in [3.8, 4) is 5.75 Å². The molecule has 0 radical (unpaired) electrons. The molecule has 1 aliphatic rings. The van der Waals surface area contributed by atoms with Gasteiger partial charge in [0, 0.05) is 48.6 Å². The summed E-state index contributed by atoms with van der Waals surface area (Å²) in [7, 11) is 0. The molecule has 7 heteroatoms. The minimum Gasteiger partial charge on any atom is -0.484 e. The number of hydrogen-bond donors (Lipinski definition) is 1. The fourth-order valence-corrected chi connectivity index (χ4v) is 4.68. The second kappa shape index (κ2) is 9.02. The molecule has 2 aromatic heterocycles. The summed E-state index contributed by atoms with van der Waals surface area (Å²) in [5, 5.41) is 11.8. The van der Waals surface area contributed by atoms with Crippen LogP contribution < -0.4 is 10.1 Å². The fraction of sp³-hybridized carbons (Fsp3) is 0.391. The number of aromatic nitrogens is 2. The highest BCUT2D eigenvalue weighted by molar-refractivity contribution is 7.07. The average Bonchev–Trinajstić information content (AvgIpc) is 3.31. The Hall–Kier alpha value is -2.64. The van der Waals surface area contributed by atoms with Crippen LogP contribution in [0.15, 0.2) is 41.1 Å². The predicted molar refractivity (Wildman–Crippen MR) is 119 cm³/mol. The first kappa shape index (κ1) is 20.6. The van der Waals surface area contributed by atoms with Gasteiger partial charge in [-0.25, -0.2) is 0 Å². The lowest BCUT2D eigenvalue weighted by atomic mass is 10.2. The van der Waals surface area contributed by atoms with Crippen LogP contribution in [0.4, 0.5) is 0 Å². The molecule has 0 saturated carbocycles. The van der Waals surface area contributed by atoms with Crippen LogP contribution in [0.5, 0.6) is 5.75 Å². The highest BCUT2D eigenvalue weighted by Crippen LogP contribution is 2.31. The first-order valence-corrected chi connectivity index (χ1v) is 11.3. The summed E-state index contributed by atoms with van der Waals surface area (Å²) < 4.78 is 8.29. The minimum absolute atomic E-state index is 0.0153. The predicted octanol–water partition coefficient (Wildman–Crippen LogP) is 3.83. The van der Waals surface area contributed by atoms with Gasteiger partial charge in [-0.3, -0.25) is 14.4 Å². The van der Waals surface area contributed by atoms with Crippen LogP contribution in [-0.4, -0.2) is 33.7 Å². The number of ether oxygens (including phenoxy) is 1. The number of carbonyl (C=O) groups is 1. The van der Waals surface area contributed by atoms with Gasteiger partial charge in [-0.15, -0.1) is 0 Å². The van der Waals surface area contributed by atoms with Gasteiger partial charge in [0.2, 0.25) is 5.91 Å². The molecule has 1 atom stereocenters. The van der Waals surface area contributed by atoms with E-state index in [0.717, 1.165) is 40.4 Å². The van der Waals surface area contributed by atoms with Crippen molar-refractivity contribution < 1.29 is 9.53 Å². The van der Waals surface area contributed by atoms with Crippen molar-refractivity contribution >= 4 is 17.2 Å². The Bertz CT molecular complexity index is 1010. The van der Waals surface area contributed by atoms with Crippen molar-refractivity contribution in [2.75, 3.05) is 13.1 Å². The number of benzene rings is 1. The summed E-state index contributed by atoms with van der Waals surface area (Å²) >= 11 is 1.66. The highest BCUT2D eigenvalue weighted by atomic mass is 32.1. The standard InChI is InChI=1S/C23H28N4O2S/c1-4-27-17(3)20(16(2)25-27)11-24-23(28)14-26-12-18-7-5-6-8-21(18)29-22(13-26)19-9-10-30-15-19/h5-10,15,22H,4,11-14H2,1-3H3,(H,24,28)/t22-/m0/s1. The van der Waals surface area contributed by atoms with E-state index in [0.29, 0.717) is 26.2 Å². The van der Waals surface area contributed by atoms with Crippen LogP contribution in [0.2, 0.25) is 0 Å². The number of nitrogens with one attached hydrogen (secondary N) is 1. The van der Waals surface area contributed by atoms with E-state index in [4.69, 9.17) is 4.74 Å². The van der Waals surface area contributed by atoms with Gasteiger partial charge < -0.3 is 10.1 Å². The van der Waals surface area contributed by atoms with Crippen LogP contribution >= 0.6 is 11.3 Å². The number of fused-ring (bicyclic) bond motifs is 1. The first-order valence-electron chi connectivity index (χ1n) is 10.3. The van der Waals surface area contributed by atoms with Gasteiger partial charge in [0.25, 0.3) is 0 Å². The van der Waals surface area contributed by atoms with E-state index in [2.05, 4.69) is 52.1 Å². The Morgan fingerprint density at radius 3 is 2.87 bits per heavy atom. The van der Waals surface area contributed by atoms with E-state index in [1.807, 2.05) is 29.8 Å². The molecule has 0 fully saturated rings. The molecular weight excluding hydrogens is 396 g/mol. The molecule has 30 heavy (non-hydrogen) atoms. The normalized spacial score (nSPS) is 16.6. The number of thiophene rings is 1. The Labute approximate surface area is 181 Å². The van der Waals surface area contributed by atoms with Crippen LogP contribution in [-0.2, 0) is 24.4 Å². The Morgan fingerprint density at radius 2 is 2.13 bits per heavy atom. The number of amides is 1. The maximum absolute atomic E-state index is 12.8. The molecule has 1 amide bonds. The molecule has 3 aromatic rings. The van der Waals surface area contributed by atoms with Crippen LogP contribution in [0, 0.1) is 13.8 Å². The summed E-state index contributed by atoms with van der Waals surface area (Å²) in [5.74, 6) is 0.913. The molecule has 0 aliphatic carbocycles. The number of para-hydroxylation sites is 1. The van der Waals surface area contributed by atoms with Gasteiger partial charge >= 0.3 is 0 Å². The molecule has 1 aromatic carbocycles. The molecule has 1 N–H and O–H groups in total. The van der Waals surface area contributed by atoms with Gasteiger partial charge in [0.05, 0.1) is 12.2 Å². The van der Waals surface area contributed by atoms with E-state index in [-0.39, 0.29) is 12.0 Å². The number of rotatable bonds is 6. The van der Waals surface area contributed by atoms with Crippen LogP contribution in [0.3, 0.4) is 0 Å². The molecule has 0 unspecified atom stereocenters. The summed E-state index contributed by atoms with van der Waals surface area (Å²) in [6.07, 6.45) is -0.0834. The fourth-order valence-electron chi connectivity index (χ4n) is 3.98. The summed E-state index contributed by atoms with van der Waals surface area (Å²) in [6.45, 7) is 9.15. The minimum atomic E-state index is -0.0834. The summed E-state index contributed by atoms with van der Waals surface area (Å²) in [4.78, 5) is 14.9. The number of carbonyl (C=O) groups excluding carboxylic acids is 1. The summed E-state index contributed by atoms with van der Waals surface area (Å²) in [5.41, 5.74) is 5.46. The van der Waals surface area contributed by atoms with Gasteiger partial charge in [-0.05, 0) is 43.7 Å². The molecule has 3 heterocycles. The monoisotopic (exact) mass is 424 g/mol. The van der Waals surface area contributed by atoms with Crippen LogP contribution in [0.25, 0.3) is 0 Å². The third-order valence-corrected chi connectivity index (χ3v) is 6.34. The van der Waals surface area contributed by atoms with Crippen molar-refractivity contribution in [3.05, 3.63) is 69.2 Å². The van der Waals surface area contributed by atoms with E-state index in [1.54, 1.807) is 11.3 Å². The molecule has 0 saturated heterocycles. The smallest absolute Gasteiger partial charge is 0.234 e. The van der Waals surface area contributed by atoms with E-state index < -0.39 is 0 Å². The third kappa shape index (κ3) is 4.42. The van der Waals surface area contributed by atoms with Gasteiger partial charge in [-0.1, -0.05) is 18.2 Å².